The third-order valence-electron chi connectivity index (χ3n) is 5.10. The van der Waals surface area contributed by atoms with Gasteiger partial charge < -0.3 is 5.32 Å². The largest absolute Gasteiger partial charge is 0.344 e. The summed E-state index contributed by atoms with van der Waals surface area (Å²) in [7, 11) is 0. The molecule has 154 valence electrons. The number of nitrogens with zero attached hydrogens (tertiary/aromatic N) is 5. The summed E-state index contributed by atoms with van der Waals surface area (Å²) < 4.78 is 16.8. The molecule has 30 heavy (non-hydrogen) atoms. The Labute approximate surface area is 173 Å². The van der Waals surface area contributed by atoms with Gasteiger partial charge in [0.25, 0.3) is 5.91 Å². The lowest BCUT2D eigenvalue weighted by Crippen LogP contribution is -2.28. The number of carbonyl (C=O) groups excluding carboxylic acids is 1. The number of hydrogen-bond acceptors (Lipinski definition) is 4. The standard InChI is InChI=1S/C22H23FN6O/c1-5-28-19(10-11-24-28)14(3)26-22(30)18-12-13(2)25-21-20(18)15(4)27-29(21)17-8-6-16(23)7-9-17/h6-12,14H,5H2,1-4H3,(H,26,30)/t14-/m1/s1. The van der Waals surface area contributed by atoms with E-state index in [1.54, 1.807) is 29.1 Å². The lowest BCUT2D eigenvalue weighted by molar-refractivity contribution is 0.0939. The Morgan fingerprint density at radius 3 is 2.63 bits per heavy atom. The van der Waals surface area contributed by atoms with Gasteiger partial charge in [-0.15, -0.1) is 0 Å². The number of fused-ring (bicyclic) bond motifs is 1. The van der Waals surface area contributed by atoms with E-state index in [0.29, 0.717) is 33.7 Å². The van der Waals surface area contributed by atoms with Crippen LogP contribution in [0.15, 0.2) is 42.6 Å². The molecule has 0 saturated heterocycles. The summed E-state index contributed by atoms with van der Waals surface area (Å²) in [5.41, 5.74) is 4.07. The van der Waals surface area contributed by atoms with Gasteiger partial charge in [0.15, 0.2) is 5.65 Å². The van der Waals surface area contributed by atoms with Crippen LogP contribution >= 0.6 is 0 Å². The number of pyridine rings is 1. The highest BCUT2D eigenvalue weighted by molar-refractivity contribution is 6.06. The minimum atomic E-state index is -0.323. The average molecular weight is 406 g/mol. The molecule has 0 aliphatic carbocycles. The maximum absolute atomic E-state index is 13.3. The second-order valence-electron chi connectivity index (χ2n) is 7.25. The highest BCUT2D eigenvalue weighted by atomic mass is 19.1. The third-order valence-corrected chi connectivity index (χ3v) is 5.10. The van der Waals surface area contributed by atoms with E-state index in [9.17, 15) is 9.18 Å². The fraction of sp³-hybridized carbons (Fsp3) is 0.273. The van der Waals surface area contributed by atoms with Crippen molar-refractivity contribution in [3.05, 3.63) is 71.1 Å². The van der Waals surface area contributed by atoms with Crippen molar-refractivity contribution in [3.8, 4) is 5.69 Å². The summed E-state index contributed by atoms with van der Waals surface area (Å²) in [6.45, 7) is 8.34. The molecular weight excluding hydrogens is 383 g/mol. The van der Waals surface area contributed by atoms with Gasteiger partial charge in [0.05, 0.1) is 34.1 Å². The zero-order chi connectivity index (χ0) is 21.4. The number of aromatic nitrogens is 5. The molecule has 1 atom stereocenters. The van der Waals surface area contributed by atoms with E-state index in [1.165, 1.54) is 12.1 Å². The van der Waals surface area contributed by atoms with Crippen LogP contribution < -0.4 is 5.32 Å². The molecule has 0 aliphatic heterocycles. The number of nitrogens with one attached hydrogen (secondary N) is 1. The van der Waals surface area contributed by atoms with Crippen molar-refractivity contribution in [2.75, 3.05) is 0 Å². The van der Waals surface area contributed by atoms with Gasteiger partial charge in [-0.3, -0.25) is 9.48 Å². The Kier molecular flexibility index (Phi) is 5.07. The number of hydrogen-bond donors (Lipinski definition) is 1. The van der Waals surface area contributed by atoms with Crippen LogP contribution in [0.1, 0.15) is 47.3 Å². The number of rotatable bonds is 5. The molecule has 4 aromatic rings. The summed E-state index contributed by atoms with van der Waals surface area (Å²) in [6.07, 6.45) is 1.73. The van der Waals surface area contributed by atoms with Gasteiger partial charge in [0, 0.05) is 18.4 Å². The molecule has 0 bridgehead atoms. The van der Waals surface area contributed by atoms with Crippen molar-refractivity contribution in [3.63, 3.8) is 0 Å². The zero-order valence-corrected chi connectivity index (χ0v) is 17.3. The number of amides is 1. The number of aryl methyl sites for hydroxylation is 3. The lowest BCUT2D eigenvalue weighted by atomic mass is 10.1. The molecule has 4 rings (SSSR count). The van der Waals surface area contributed by atoms with Crippen molar-refractivity contribution < 1.29 is 9.18 Å². The molecule has 3 heterocycles. The minimum absolute atomic E-state index is 0.205. The number of benzene rings is 1. The van der Waals surface area contributed by atoms with Gasteiger partial charge in [0.1, 0.15) is 5.82 Å². The number of halogens is 1. The Hall–Kier alpha value is -3.55. The van der Waals surface area contributed by atoms with Crippen LogP contribution in [0.4, 0.5) is 4.39 Å². The number of carbonyl (C=O) groups is 1. The molecule has 8 heteroatoms. The van der Waals surface area contributed by atoms with E-state index in [2.05, 4.69) is 20.5 Å². The predicted octanol–water partition coefficient (Wildman–Crippen LogP) is 3.88. The second-order valence-corrected chi connectivity index (χ2v) is 7.25. The molecule has 0 unspecified atom stereocenters. The highest BCUT2D eigenvalue weighted by Crippen LogP contribution is 2.25. The van der Waals surface area contributed by atoms with Gasteiger partial charge in [-0.1, -0.05) is 0 Å². The predicted molar refractivity (Wildman–Crippen MR) is 112 cm³/mol. The summed E-state index contributed by atoms with van der Waals surface area (Å²) in [5, 5.41) is 12.6. The molecule has 1 aromatic carbocycles. The van der Waals surface area contributed by atoms with Crippen molar-refractivity contribution >= 4 is 16.9 Å². The van der Waals surface area contributed by atoms with Crippen LogP contribution in [0.5, 0.6) is 0 Å². The molecule has 0 aliphatic rings. The molecular formula is C22H23FN6O. The first-order valence-corrected chi connectivity index (χ1v) is 9.84. The van der Waals surface area contributed by atoms with E-state index in [-0.39, 0.29) is 17.8 Å². The van der Waals surface area contributed by atoms with Crippen LogP contribution in [-0.2, 0) is 6.54 Å². The molecule has 1 N–H and O–H groups in total. The summed E-state index contributed by atoms with van der Waals surface area (Å²) in [4.78, 5) is 17.8. The zero-order valence-electron chi connectivity index (χ0n) is 17.3. The normalized spacial score (nSPS) is 12.3. The maximum Gasteiger partial charge on any atom is 0.252 e. The SMILES string of the molecule is CCn1nccc1[C@@H](C)NC(=O)c1cc(C)nc2c1c(C)nn2-c1ccc(F)cc1. The molecule has 0 saturated carbocycles. The van der Waals surface area contributed by atoms with Gasteiger partial charge in [0.2, 0.25) is 0 Å². The van der Waals surface area contributed by atoms with Crippen LogP contribution in [0.3, 0.4) is 0 Å². The fourth-order valence-corrected chi connectivity index (χ4v) is 3.68. The first kappa shape index (κ1) is 19.8. The quantitative estimate of drug-likeness (QED) is 0.546. The third kappa shape index (κ3) is 3.45. The van der Waals surface area contributed by atoms with Gasteiger partial charge >= 0.3 is 0 Å². The Morgan fingerprint density at radius 1 is 1.20 bits per heavy atom. The molecule has 7 nitrogen and oxygen atoms in total. The molecule has 0 radical (unpaired) electrons. The van der Waals surface area contributed by atoms with Crippen molar-refractivity contribution in [2.24, 2.45) is 0 Å². The van der Waals surface area contributed by atoms with Crippen molar-refractivity contribution in [1.82, 2.24) is 29.9 Å². The molecule has 1 amide bonds. The smallest absolute Gasteiger partial charge is 0.252 e. The van der Waals surface area contributed by atoms with Gasteiger partial charge in [-0.05, 0) is 64.1 Å². The first-order chi connectivity index (χ1) is 14.4. The maximum atomic E-state index is 13.3. The van der Waals surface area contributed by atoms with E-state index in [4.69, 9.17) is 0 Å². The van der Waals surface area contributed by atoms with Crippen molar-refractivity contribution in [1.29, 1.82) is 0 Å². The van der Waals surface area contributed by atoms with Crippen LogP contribution in [-0.4, -0.2) is 30.5 Å². The van der Waals surface area contributed by atoms with E-state index in [0.717, 1.165) is 12.2 Å². The summed E-state index contributed by atoms with van der Waals surface area (Å²) >= 11 is 0. The molecule has 3 aromatic heterocycles. The van der Waals surface area contributed by atoms with Crippen LogP contribution in [0.25, 0.3) is 16.7 Å². The Balaban J connectivity index is 1.76. The Morgan fingerprint density at radius 2 is 1.93 bits per heavy atom. The Bertz CT molecular complexity index is 1220. The highest BCUT2D eigenvalue weighted by Gasteiger charge is 2.22. The van der Waals surface area contributed by atoms with Crippen LogP contribution in [0.2, 0.25) is 0 Å². The fourth-order valence-electron chi connectivity index (χ4n) is 3.68. The second kappa shape index (κ2) is 7.70. The monoisotopic (exact) mass is 406 g/mol. The first-order valence-electron chi connectivity index (χ1n) is 9.84. The van der Waals surface area contributed by atoms with E-state index < -0.39 is 0 Å². The summed E-state index contributed by atoms with van der Waals surface area (Å²) in [6, 6.07) is 9.49. The summed E-state index contributed by atoms with van der Waals surface area (Å²) in [5.74, 6) is -0.528. The minimum Gasteiger partial charge on any atom is -0.344 e. The topological polar surface area (TPSA) is 77.6 Å². The molecule has 0 spiro atoms. The van der Waals surface area contributed by atoms with Gasteiger partial charge in [-0.2, -0.15) is 10.2 Å². The van der Waals surface area contributed by atoms with Crippen LogP contribution in [0, 0.1) is 19.7 Å². The van der Waals surface area contributed by atoms with E-state index in [1.807, 2.05) is 38.4 Å². The van der Waals surface area contributed by atoms with Crippen molar-refractivity contribution in [2.45, 2.75) is 40.3 Å². The van der Waals surface area contributed by atoms with E-state index >= 15 is 0 Å². The average Bonchev–Trinajstić information content (AvgIpc) is 3.32. The molecule has 0 fully saturated rings. The van der Waals surface area contributed by atoms with Gasteiger partial charge in [-0.25, -0.2) is 14.1 Å². The lowest BCUT2D eigenvalue weighted by Gasteiger charge is -2.16.